The number of rotatable bonds is 3. The number of sulfonamides is 1. The van der Waals surface area contributed by atoms with E-state index in [0.29, 0.717) is 16.6 Å². The zero-order valence-electron chi connectivity index (χ0n) is 8.37. The second kappa shape index (κ2) is 4.40. The molecule has 0 N–H and O–H groups in total. The van der Waals surface area contributed by atoms with Gasteiger partial charge in [-0.15, -0.1) is 0 Å². The molecule has 0 atom stereocenters. The van der Waals surface area contributed by atoms with E-state index in [2.05, 4.69) is 4.84 Å². The van der Waals surface area contributed by atoms with Crippen LogP contribution < -0.4 is 0 Å². The SMILES string of the molecule is CON(C)S(=O)(=O)c1ccc(F)c(F)c1F. The molecule has 0 aliphatic carbocycles. The molecular formula is C8H8F3NO3S. The van der Waals surface area contributed by atoms with Gasteiger partial charge >= 0.3 is 0 Å². The minimum atomic E-state index is -4.33. The van der Waals surface area contributed by atoms with E-state index >= 15 is 0 Å². The van der Waals surface area contributed by atoms with E-state index in [1.807, 2.05) is 0 Å². The lowest BCUT2D eigenvalue weighted by atomic mass is 10.3. The van der Waals surface area contributed by atoms with E-state index < -0.39 is 32.4 Å². The van der Waals surface area contributed by atoms with Gasteiger partial charge in [-0.05, 0) is 12.1 Å². The Morgan fingerprint density at radius 1 is 1.19 bits per heavy atom. The minimum Gasteiger partial charge on any atom is -0.288 e. The van der Waals surface area contributed by atoms with Gasteiger partial charge in [-0.25, -0.2) is 21.6 Å². The van der Waals surface area contributed by atoms with E-state index in [-0.39, 0.29) is 0 Å². The first-order chi connectivity index (χ1) is 7.32. The topological polar surface area (TPSA) is 46.6 Å². The molecule has 0 spiro atoms. The molecule has 1 aromatic carbocycles. The van der Waals surface area contributed by atoms with Crippen molar-refractivity contribution >= 4 is 10.0 Å². The van der Waals surface area contributed by atoms with Crippen molar-refractivity contribution in [3.63, 3.8) is 0 Å². The fourth-order valence-electron chi connectivity index (χ4n) is 0.944. The van der Waals surface area contributed by atoms with Crippen molar-refractivity contribution in [2.45, 2.75) is 4.90 Å². The highest BCUT2D eigenvalue weighted by atomic mass is 32.2. The van der Waals surface area contributed by atoms with Gasteiger partial charge in [0.25, 0.3) is 10.0 Å². The molecule has 0 fully saturated rings. The fourth-order valence-corrected chi connectivity index (χ4v) is 1.97. The van der Waals surface area contributed by atoms with Crippen molar-refractivity contribution in [3.05, 3.63) is 29.6 Å². The molecule has 0 radical (unpaired) electrons. The number of halogens is 3. The lowest BCUT2D eigenvalue weighted by Gasteiger charge is -2.14. The van der Waals surface area contributed by atoms with E-state index in [1.165, 1.54) is 0 Å². The van der Waals surface area contributed by atoms with E-state index in [9.17, 15) is 21.6 Å². The van der Waals surface area contributed by atoms with Crippen LogP contribution in [0.3, 0.4) is 0 Å². The molecular weight excluding hydrogens is 247 g/mol. The Balaban J connectivity index is 3.41. The zero-order chi connectivity index (χ0) is 12.5. The molecule has 0 saturated carbocycles. The molecule has 0 aliphatic heterocycles. The average molecular weight is 255 g/mol. The quantitative estimate of drug-likeness (QED) is 0.604. The van der Waals surface area contributed by atoms with Crippen molar-refractivity contribution in [2.24, 2.45) is 0 Å². The van der Waals surface area contributed by atoms with Gasteiger partial charge in [0.2, 0.25) is 0 Å². The summed E-state index contributed by atoms with van der Waals surface area (Å²) in [4.78, 5) is 3.37. The third kappa shape index (κ3) is 2.04. The molecule has 1 aromatic rings. The van der Waals surface area contributed by atoms with E-state index in [1.54, 1.807) is 0 Å². The summed E-state index contributed by atoms with van der Waals surface area (Å²) in [5.74, 6) is -5.08. The molecule has 8 heteroatoms. The van der Waals surface area contributed by atoms with Crippen LogP contribution in [0.25, 0.3) is 0 Å². The van der Waals surface area contributed by atoms with Gasteiger partial charge in [0, 0.05) is 7.05 Å². The molecule has 0 amide bonds. The third-order valence-electron chi connectivity index (χ3n) is 1.87. The Bertz CT molecular complexity index is 503. The van der Waals surface area contributed by atoms with Crippen LogP contribution in [0.4, 0.5) is 13.2 Å². The summed E-state index contributed by atoms with van der Waals surface area (Å²) < 4.78 is 61.9. The second-order valence-electron chi connectivity index (χ2n) is 2.77. The Labute approximate surface area is 90.2 Å². The molecule has 0 aliphatic rings. The maximum Gasteiger partial charge on any atom is 0.267 e. The van der Waals surface area contributed by atoms with Gasteiger partial charge in [-0.3, -0.25) is 4.84 Å². The highest BCUT2D eigenvalue weighted by Gasteiger charge is 2.27. The van der Waals surface area contributed by atoms with Crippen molar-refractivity contribution in [1.29, 1.82) is 0 Å². The summed E-state index contributed by atoms with van der Waals surface area (Å²) in [6, 6.07) is 1.15. The van der Waals surface area contributed by atoms with E-state index in [0.717, 1.165) is 14.2 Å². The van der Waals surface area contributed by atoms with Crippen LogP contribution in [0.15, 0.2) is 17.0 Å². The molecule has 90 valence electrons. The van der Waals surface area contributed by atoms with Gasteiger partial charge in [0.1, 0.15) is 4.90 Å². The van der Waals surface area contributed by atoms with Gasteiger partial charge in [0.05, 0.1) is 7.11 Å². The number of benzene rings is 1. The molecule has 16 heavy (non-hydrogen) atoms. The highest BCUT2D eigenvalue weighted by molar-refractivity contribution is 7.89. The average Bonchev–Trinajstić information content (AvgIpc) is 2.24. The maximum atomic E-state index is 13.2. The molecule has 4 nitrogen and oxygen atoms in total. The summed E-state index contributed by atoms with van der Waals surface area (Å²) in [7, 11) is -2.30. The first kappa shape index (κ1) is 12.9. The largest absolute Gasteiger partial charge is 0.288 e. The van der Waals surface area contributed by atoms with Gasteiger partial charge < -0.3 is 0 Å². The number of hydrogen-bond donors (Lipinski definition) is 0. The lowest BCUT2D eigenvalue weighted by molar-refractivity contribution is -0.0260. The van der Waals surface area contributed by atoms with Crippen LogP contribution in [-0.2, 0) is 14.9 Å². The number of nitrogens with zero attached hydrogens (tertiary/aromatic N) is 1. The molecule has 1 rings (SSSR count). The van der Waals surface area contributed by atoms with Crippen LogP contribution in [0.5, 0.6) is 0 Å². The third-order valence-corrected chi connectivity index (χ3v) is 3.57. The number of hydroxylamine groups is 1. The Hall–Kier alpha value is -1.12. The standard InChI is InChI=1S/C8H8F3NO3S/c1-12(15-2)16(13,14)6-4-3-5(9)7(10)8(6)11/h3-4H,1-2H3. The molecule has 0 aromatic heterocycles. The summed E-state index contributed by atoms with van der Waals surface area (Å²) in [5, 5.41) is 0. The normalized spacial score (nSPS) is 12.1. The summed E-state index contributed by atoms with van der Waals surface area (Å²) in [6.07, 6.45) is 0. The first-order valence-electron chi connectivity index (χ1n) is 3.99. The summed E-state index contributed by atoms with van der Waals surface area (Å²) >= 11 is 0. The van der Waals surface area contributed by atoms with Crippen molar-refractivity contribution < 1.29 is 26.4 Å². The smallest absolute Gasteiger partial charge is 0.267 e. The molecule has 0 unspecified atom stereocenters. The lowest BCUT2D eigenvalue weighted by Crippen LogP contribution is -2.27. The van der Waals surface area contributed by atoms with Crippen LogP contribution in [-0.4, -0.2) is 27.0 Å². The van der Waals surface area contributed by atoms with Crippen molar-refractivity contribution in [2.75, 3.05) is 14.2 Å². The molecule has 0 heterocycles. The summed E-state index contributed by atoms with van der Waals surface area (Å²) in [6.45, 7) is 0. The predicted octanol–water partition coefficient (Wildman–Crippen LogP) is 1.29. The Morgan fingerprint density at radius 2 is 1.75 bits per heavy atom. The molecule has 0 saturated heterocycles. The fraction of sp³-hybridized carbons (Fsp3) is 0.250. The van der Waals surface area contributed by atoms with Crippen LogP contribution in [0, 0.1) is 17.5 Å². The summed E-state index contributed by atoms with van der Waals surface area (Å²) in [5.41, 5.74) is 0. The van der Waals surface area contributed by atoms with Crippen LogP contribution in [0.1, 0.15) is 0 Å². The van der Waals surface area contributed by atoms with Crippen molar-refractivity contribution in [1.82, 2.24) is 4.47 Å². The maximum absolute atomic E-state index is 13.2. The van der Waals surface area contributed by atoms with Gasteiger partial charge in [-0.1, -0.05) is 4.47 Å². The van der Waals surface area contributed by atoms with Gasteiger partial charge in [-0.2, -0.15) is 0 Å². The number of hydrogen-bond acceptors (Lipinski definition) is 3. The van der Waals surface area contributed by atoms with E-state index in [4.69, 9.17) is 0 Å². The highest BCUT2D eigenvalue weighted by Crippen LogP contribution is 2.22. The van der Waals surface area contributed by atoms with Gasteiger partial charge in [0.15, 0.2) is 17.5 Å². The second-order valence-corrected chi connectivity index (χ2v) is 4.67. The monoisotopic (exact) mass is 255 g/mol. The van der Waals surface area contributed by atoms with Crippen molar-refractivity contribution in [3.8, 4) is 0 Å². The van der Waals surface area contributed by atoms with Crippen LogP contribution >= 0.6 is 0 Å². The Kier molecular flexibility index (Phi) is 3.56. The first-order valence-corrected chi connectivity index (χ1v) is 5.43. The van der Waals surface area contributed by atoms with Crippen LogP contribution in [0.2, 0.25) is 0 Å². The molecule has 0 bridgehead atoms. The predicted molar refractivity (Wildman–Crippen MR) is 48.3 cm³/mol. The zero-order valence-corrected chi connectivity index (χ0v) is 9.19. The minimum absolute atomic E-state index is 0.336. The Morgan fingerprint density at radius 3 is 2.25 bits per heavy atom.